The van der Waals surface area contributed by atoms with E-state index >= 15 is 0 Å². The summed E-state index contributed by atoms with van der Waals surface area (Å²) < 4.78 is 11.9. The first-order valence-corrected chi connectivity index (χ1v) is 6.56. The topological polar surface area (TPSA) is 44.5 Å². The van der Waals surface area contributed by atoms with Crippen molar-refractivity contribution in [3.05, 3.63) is 34.3 Å². The molecule has 0 bridgehead atoms. The van der Waals surface area contributed by atoms with Crippen LogP contribution in [-0.2, 0) is 9.47 Å². The average molecular weight is 302 g/mol. The number of hydrogen-bond donors (Lipinski definition) is 1. The maximum atomic E-state index is 5.95. The molecular weight excluding hydrogens is 282 g/mol. The molecule has 0 radical (unpaired) electrons. The van der Waals surface area contributed by atoms with Gasteiger partial charge in [0, 0.05) is 30.8 Å². The standard InChI is InChI=1S/C13H20BrNO2/c1-10(15)13(17-9-3-8-16-2)11-4-6-12(14)7-5-11/h4-7,10,13H,3,8-9,15H2,1-2H3. The quantitative estimate of drug-likeness (QED) is 0.788. The second kappa shape index (κ2) is 7.82. The van der Waals surface area contributed by atoms with E-state index < -0.39 is 0 Å². The second-order valence-electron chi connectivity index (χ2n) is 4.05. The molecule has 0 heterocycles. The van der Waals surface area contributed by atoms with Crippen LogP contribution in [0, 0.1) is 0 Å². The zero-order valence-corrected chi connectivity index (χ0v) is 11.9. The van der Waals surface area contributed by atoms with Crippen molar-refractivity contribution in [2.24, 2.45) is 5.73 Å². The van der Waals surface area contributed by atoms with Crippen molar-refractivity contribution in [1.82, 2.24) is 0 Å². The molecule has 2 unspecified atom stereocenters. The second-order valence-corrected chi connectivity index (χ2v) is 4.96. The molecule has 0 amide bonds. The summed E-state index contributed by atoms with van der Waals surface area (Å²) >= 11 is 3.42. The van der Waals surface area contributed by atoms with Gasteiger partial charge in [-0.3, -0.25) is 0 Å². The van der Waals surface area contributed by atoms with Crippen molar-refractivity contribution < 1.29 is 9.47 Å². The monoisotopic (exact) mass is 301 g/mol. The largest absolute Gasteiger partial charge is 0.385 e. The Kier molecular flexibility index (Phi) is 6.73. The van der Waals surface area contributed by atoms with Crippen molar-refractivity contribution in [3.63, 3.8) is 0 Å². The lowest BCUT2D eigenvalue weighted by molar-refractivity contribution is 0.0264. The lowest BCUT2D eigenvalue weighted by Crippen LogP contribution is -2.27. The molecule has 2 atom stereocenters. The van der Waals surface area contributed by atoms with Crippen LogP contribution in [0.5, 0.6) is 0 Å². The summed E-state index contributed by atoms with van der Waals surface area (Å²) in [4.78, 5) is 0. The fraction of sp³-hybridized carbons (Fsp3) is 0.538. The molecule has 0 saturated carbocycles. The average Bonchev–Trinajstić information content (AvgIpc) is 2.30. The molecule has 0 saturated heterocycles. The van der Waals surface area contributed by atoms with Gasteiger partial charge in [0.2, 0.25) is 0 Å². The Morgan fingerprint density at radius 2 is 1.88 bits per heavy atom. The molecule has 0 aliphatic heterocycles. The van der Waals surface area contributed by atoms with Crippen molar-refractivity contribution in [2.45, 2.75) is 25.5 Å². The van der Waals surface area contributed by atoms with Gasteiger partial charge in [-0.1, -0.05) is 28.1 Å². The maximum Gasteiger partial charge on any atom is 0.0972 e. The van der Waals surface area contributed by atoms with Crippen molar-refractivity contribution >= 4 is 15.9 Å². The van der Waals surface area contributed by atoms with Gasteiger partial charge in [0.05, 0.1) is 6.10 Å². The van der Waals surface area contributed by atoms with E-state index in [1.54, 1.807) is 7.11 Å². The number of methoxy groups -OCH3 is 1. The van der Waals surface area contributed by atoms with Crippen LogP contribution >= 0.6 is 15.9 Å². The third kappa shape index (κ3) is 5.17. The minimum Gasteiger partial charge on any atom is -0.385 e. The van der Waals surface area contributed by atoms with E-state index in [1.165, 1.54) is 0 Å². The summed E-state index contributed by atoms with van der Waals surface area (Å²) in [5.41, 5.74) is 7.07. The van der Waals surface area contributed by atoms with Gasteiger partial charge in [-0.05, 0) is 31.0 Å². The van der Waals surface area contributed by atoms with Crippen LogP contribution in [0.25, 0.3) is 0 Å². The van der Waals surface area contributed by atoms with Crippen LogP contribution in [0.3, 0.4) is 0 Å². The van der Waals surface area contributed by atoms with Gasteiger partial charge in [0.15, 0.2) is 0 Å². The number of hydrogen-bond acceptors (Lipinski definition) is 3. The highest BCUT2D eigenvalue weighted by Crippen LogP contribution is 2.22. The highest BCUT2D eigenvalue weighted by atomic mass is 79.9. The molecule has 4 heteroatoms. The molecule has 2 N–H and O–H groups in total. The molecule has 0 aliphatic rings. The van der Waals surface area contributed by atoms with Gasteiger partial charge in [-0.2, -0.15) is 0 Å². The van der Waals surface area contributed by atoms with Gasteiger partial charge in [-0.25, -0.2) is 0 Å². The first-order chi connectivity index (χ1) is 8.15. The number of ether oxygens (including phenoxy) is 2. The Balaban J connectivity index is 2.56. The lowest BCUT2D eigenvalue weighted by atomic mass is 10.0. The summed E-state index contributed by atoms with van der Waals surface area (Å²) in [6.07, 6.45) is 0.830. The molecule has 0 aliphatic carbocycles. The van der Waals surface area contributed by atoms with E-state index in [9.17, 15) is 0 Å². The van der Waals surface area contributed by atoms with E-state index in [0.717, 1.165) is 16.5 Å². The SMILES string of the molecule is COCCCOC(c1ccc(Br)cc1)C(C)N. The van der Waals surface area contributed by atoms with Crippen molar-refractivity contribution in [2.75, 3.05) is 20.3 Å². The summed E-state index contributed by atoms with van der Waals surface area (Å²) in [5, 5.41) is 0. The first kappa shape index (κ1) is 14.6. The highest BCUT2D eigenvalue weighted by Gasteiger charge is 2.16. The summed E-state index contributed by atoms with van der Waals surface area (Å²) in [6, 6.07) is 8.05. The molecule has 1 rings (SSSR count). The summed E-state index contributed by atoms with van der Waals surface area (Å²) in [6.45, 7) is 3.34. The summed E-state index contributed by atoms with van der Waals surface area (Å²) in [7, 11) is 1.69. The molecule has 1 aromatic carbocycles. The Morgan fingerprint density at radius 1 is 1.24 bits per heavy atom. The molecule has 1 aromatic rings. The van der Waals surface area contributed by atoms with Crippen LogP contribution in [0.2, 0.25) is 0 Å². The van der Waals surface area contributed by atoms with E-state index in [1.807, 2.05) is 31.2 Å². The fourth-order valence-corrected chi connectivity index (χ4v) is 1.88. The molecule has 96 valence electrons. The number of benzene rings is 1. The van der Waals surface area contributed by atoms with Crippen LogP contribution < -0.4 is 5.73 Å². The number of nitrogens with two attached hydrogens (primary N) is 1. The van der Waals surface area contributed by atoms with Crippen LogP contribution in [0.4, 0.5) is 0 Å². The molecule has 0 spiro atoms. The van der Waals surface area contributed by atoms with Gasteiger partial charge in [0.1, 0.15) is 0 Å². The smallest absolute Gasteiger partial charge is 0.0972 e. The highest BCUT2D eigenvalue weighted by molar-refractivity contribution is 9.10. The van der Waals surface area contributed by atoms with Crippen molar-refractivity contribution in [3.8, 4) is 0 Å². The van der Waals surface area contributed by atoms with Gasteiger partial charge in [0.25, 0.3) is 0 Å². The van der Waals surface area contributed by atoms with Gasteiger partial charge >= 0.3 is 0 Å². The number of halogens is 1. The molecule has 3 nitrogen and oxygen atoms in total. The zero-order chi connectivity index (χ0) is 12.7. The summed E-state index contributed by atoms with van der Waals surface area (Å²) in [5.74, 6) is 0. The van der Waals surface area contributed by atoms with E-state index in [-0.39, 0.29) is 12.1 Å². The maximum absolute atomic E-state index is 5.95. The lowest BCUT2D eigenvalue weighted by Gasteiger charge is -2.22. The van der Waals surface area contributed by atoms with E-state index in [2.05, 4.69) is 15.9 Å². The molecule has 0 aromatic heterocycles. The van der Waals surface area contributed by atoms with Crippen molar-refractivity contribution in [1.29, 1.82) is 0 Å². The first-order valence-electron chi connectivity index (χ1n) is 5.76. The molecule has 0 fully saturated rings. The van der Waals surface area contributed by atoms with Gasteiger partial charge < -0.3 is 15.2 Å². The normalized spacial score (nSPS) is 14.6. The molecular formula is C13H20BrNO2. The Labute approximate surface area is 111 Å². The Bertz CT molecular complexity index is 314. The Morgan fingerprint density at radius 3 is 2.41 bits per heavy atom. The van der Waals surface area contributed by atoms with Crippen LogP contribution in [0.1, 0.15) is 25.0 Å². The minimum atomic E-state index is -0.0556. The predicted molar refractivity (Wildman–Crippen MR) is 73.0 cm³/mol. The zero-order valence-electron chi connectivity index (χ0n) is 10.4. The minimum absolute atomic E-state index is 0.0290. The van der Waals surface area contributed by atoms with Gasteiger partial charge in [-0.15, -0.1) is 0 Å². The number of rotatable bonds is 7. The molecule has 17 heavy (non-hydrogen) atoms. The Hall–Kier alpha value is -0.420. The third-order valence-electron chi connectivity index (χ3n) is 2.47. The third-order valence-corrected chi connectivity index (χ3v) is 2.99. The van der Waals surface area contributed by atoms with E-state index in [4.69, 9.17) is 15.2 Å². The van der Waals surface area contributed by atoms with E-state index in [0.29, 0.717) is 13.2 Å². The van der Waals surface area contributed by atoms with Crippen LogP contribution in [-0.4, -0.2) is 26.4 Å². The predicted octanol–water partition coefficient (Wildman–Crippen LogP) is 2.89. The van der Waals surface area contributed by atoms with Crippen LogP contribution in [0.15, 0.2) is 28.7 Å². The fourth-order valence-electron chi connectivity index (χ4n) is 1.62.